The van der Waals surface area contributed by atoms with Crippen LogP contribution in [0.25, 0.3) is 0 Å². The second-order valence-electron chi connectivity index (χ2n) is 6.56. The molecule has 0 aromatic rings. The van der Waals surface area contributed by atoms with E-state index in [0.29, 0.717) is 19.4 Å². The molecule has 1 fully saturated rings. The van der Waals surface area contributed by atoms with Crippen molar-refractivity contribution >= 4 is 11.9 Å². The highest BCUT2D eigenvalue weighted by Crippen LogP contribution is 2.32. The molecule has 0 aliphatic heterocycles. The Kier molecular flexibility index (Phi) is 6.46. The number of esters is 2. The molecule has 2 unspecified atom stereocenters. The van der Waals surface area contributed by atoms with Crippen molar-refractivity contribution in [3.05, 3.63) is 0 Å². The maximum absolute atomic E-state index is 12.2. The summed E-state index contributed by atoms with van der Waals surface area (Å²) in [5, 5.41) is 8.69. The van der Waals surface area contributed by atoms with Gasteiger partial charge in [-0.1, -0.05) is 33.6 Å². The Labute approximate surface area is 120 Å². The number of rotatable bonds is 5. The summed E-state index contributed by atoms with van der Waals surface area (Å²) < 4.78 is 10.3. The summed E-state index contributed by atoms with van der Waals surface area (Å²) in [5.41, 5.74) is -0.0861. The van der Waals surface area contributed by atoms with Crippen molar-refractivity contribution in [2.24, 2.45) is 17.3 Å². The number of hydrogen-bond acceptors (Lipinski definition) is 5. The van der Waals surface area contributed by atoms with Crippen LogP contribution in [0.4, 0.5) is 0 Å². The van der Waals surface area contributed by atoms with Crippen LogP contribution in [0.1, 0.15) is 46.5 Å². The Balaban J connectivity index is 2.59. The predicted molar refractivity (Wildman–Crippen MR) is 73.9 cm³/mol. The average molecular weight is 286 g/mol. The topological polar surface area (TPSA) is 72.8 Å². The predicted octanol–water partition coefficient (Wildman–Crippen LogP) is 1.92. The SMILES string of the molecule is CC(C)(C)COC(=O)C1CCCCC1C(=O)OCCO. The first-order valence-electron chi connectivity index (χ1n) is 7.29. The largest absolute Gasteiger partial charge is 0.465 e. The maximum Gasteiger partial charge on any atom is 0.309 e. The molecule has 0 saturated heterocycles. The van der Waals surface area contributed by atoms with Gasteiger partial charge in [-0.2, -0.15) is 0 Å². The fourth-order valence-corrected chi connectivity index (χ4v) is 2.34. The molecule has 0 amide bonds. The Morgan fingerprint density at radius 3 is 2.00 bits per heavy atom. The van der Waals surface area contributed by atoms with E-state index in [2.05, 4.69) is 0 Å². The summed E-state index contributed by atoms with van der Waals surface area (Å²) in [6, 6.07) is 0. The first-order valence-corrected chi connectivity index (χ1v) is 7.29. The minimum atomic E-state index is -0.428. The third kappa shape index (κ3) is 5.49. The maximum atomic E-state index is 12.2. The molecular formula is C15H26O5. The van der Waals surface area contributed by atoms with Crippen molar-refractivity contribution in [2.45, 2.75) is 46.5 Å². The van der Waals surface area contributed by atoms with Crippen LogP contribution in [0, 0.1) is 17.3 Å². The standard InChI is InChI=1S/C15H26O5/c1-15(2,3)10-20-14(18)12-7-5-4-6-11(12)13(17)19-9-8-16/h11-12,16H,4-10H2,1-3H3. The van der Waals surface area contributed by atoms with Gasteiger partial charge in [-0.15, -0.1) is 0 Å². The molecule has 0 aromatic carbocycles. The lowest BCUT2D eigenvalue weighted by Crippen LogP contribution is -2.36. The zero-order valence-corrected chi connectivity index (χ0v) is 12.7. The minimum Gasteiger partial charge on any atom is -0.465 e. The number of carbonyl (C=O) groups is 2. The van der Waals surface area contributed by atoms with Crippen molar-refractivity contribution in [1.29, 1.82) is 0 Å². The zero-order valence-electron chi connectivity index (χ0n) is 12.7. The highest BCUT2D eigenvalue weighted by Gasteiger charge is 2.38. The van der Waals surface area contributed by atoms with E-state index in [1.54, 1.807) is 0 Å². The van der Waals surface area contributed by atoms with E-state index < -0.39 is 17.8 Å². The Hall–Kier alpha value is -1.10. The summed E-state index contributed by atoms with van der Waals surface area (Å²) in [7, 11) is 0. The van der Waals surface area contributed by atoms with Gasteiger partial charge in [-0.05, 0) is 18.3 Å². The van der Waals surface area contributed by atoms with E-state index in [1.165, 1.54) is 0 Å². The summed E-state index contributed by atoms with van der Waals surface area (Å²) >= 11 is 0. The summed E-state index contributed by atoms with van der Waals surface area (Å²) in [6.07, 6.45) is 3.17. The van der Waals surface area contributed by atoms with Crippen LogP contribution < -0.4 is 0 Å². The van der Waals surface area contributed by atoms with E-state index in [4.69, 9.17) is 14.6 Å². The molecule has 0 radical (unpaired) electrons. The fourth-order valence-electron chi connectivity index (χ4n) is 2.34. The third-order valence-electron chi connectivity index (χ3n) is 3.35. The lowest BCUT2D eigenvalue weighted by Gasteiger charge is -2.29. The number of ether oxygens (including phenoxy) is 2. The van der Waals surface area contributed by atoms with E-state index in [-0.39, 0.29) is 24.6 Å². The van der Waals surface area contributed by atoms with Crippen LogP contribution in [0.2, 0.25) is 0 Å². The van der Waals surface area contributed by atoms with Crippen LogP contribution in [0.5, 0.6) is 0 Å². The lowest BCUT2D eigenvalue weighted by atomic mass is 9.79. The average Bonchev–Trinajstić information content (AvgIpc) is 2.41. The molecule has 116 valence electrons. The normalized spacial score (nSPS) is 23.2. The molecule has 1 rings (SSSR count). The van der Waals surface area contributed by atoms with Crippen LogP contribution in [-0.2, 0) is 19.1 Å². The highest BCUT2D eigenvalue weighted by atomic mass is 16.5. The van der Waals surface area contributed by atoms with Gasteiger partial charge in [0, 0.05) is 0 Å². The van der Waals surface area contributed by atoms with E-state index in [1.807, 2.05) is 20.8 Å². The van der Waals surface area contributed by atoms with Crippen LogP contribution in [0.3, 0.4) is 0 Å². The van der Waals surface area contributed by atoms with E-state index >= 15 is 0 Å². The van der Waals surface area contributed by atoms with Crippen molar-refractivity contribution in [2.75, 3.05) is 19.8 Å². The molecule has 0 spiro atoms. The van der Waals surface area contributed by atoms with Gasteiger partial charge in [0.1, 0.15) is 6.61 Å². The Morgan fingerprint density at radius 1 is 1.05 bits per heavy atom. The smallest absolute Gasteiger partial charge is 0.309 e. The molecule has 0 heterocycles. The molecule has 1 N–H and O–H groups in total. The van der Waals surface area contributed by atoms with E-state index in [9.17, 15) is 9.59 Å². The minimum absolute atomic E-state index is 0.0148. The van der Waals surface area contributed by atoms with Gasteiger partial charge in [-0.3, -0.25) is 9.59 Å². The monoisotopic (exact) mass is 286 g/mol. The summed E-state index contributed by atoms with van der Waals surface area (Å²) in [5.74, 6) is -1.53. The van der Waals surface area contributed by atoms with Gasteiger partial charge in [0.25, 0.3) is 0 Å². The summed E-state index contributed by atoms with van der Waals surface area (Å²) in [4.78, 5) is 24.1. The van der Waals surface area contributed by atoms with Crippen LogP contribution in [-0.4, -0.2) is 36.9 Å². The number of aliphatic hydroxyl groups is 1. The number of aliphatic hydroxyl groups excluding tert-OH is 1. The second-order valence-corrected chi connectivity index (χ2v) is 6.56. The van der Waals surface area contributed by atoms with Gasteiger partial charge in [0.05, 0.1) is 25.0 Å². The third-order valence-corrected chi connectivity index (χ3v) is 3.35. The van der Waals surface area contributed by atoms with Gasteiger partial charge >= 0.3 is 11.9 Å². The molecule has 20 heavy (non-hydrogen) atoms. The number of hydrogen-bond donors (Lipinski definition) is 1. The molecule has 0 bridgehead atoms. The van der Waals surface area contributed by atoms with Crippen LogP contribution in [0.15, 0.2) is 0 Å². The molecule has 2 atom stereocenters. The molecule has 1 aliphatic rings. The first kappa shape index (κ1) is 17.0. The van der Waals surface area contributed by atoms with Gasteiger partial charge in [-0.25, -0.2) is 0 Å². The molecule has 5 heteroatoms. The summed E-state index contributed by atoms with van der Waals surface area (Å²) in [6.45, 7) is 6.12. The first-order chi connectivity index (χ1) is 9.35. The molecule has 1 saturated carbocycles. The van der Waals surface area contributed by atoms with Gasteiger partial charge in [0.15, 0.2) is 0 Å². The van der Waals surface area contributed by atoms with Crippen LogP contribution >= 0.6 is 0 Å². The Bertz CT molecular complexity index is 332. The lowest BCUT2D eigenvalue weighted by molar-refractivity contribution is -0.164. The number of carbonyl (C=O) groups excluding carboxylic acids is 2. The van der Waals surface area contributed by atoms with E-state index in [0.717, 1.165) is 12.8 Å². The quantitative estimate of drug-likeness (QED) is 0.782. The fraction of sp³-hybridized carbons (Fsp3) is 0.867. The van der Waals surface area contributed by atoms with Crippen molar-refractivity contribution in [3.63, 3.8) is 0 Å². The van der Waals surface area contributed by atoms with Crippen molar-refractivity contribution < 1.29 is 24.2 Å². The molecule has 5 nitrogen and oxygen atoms in total. The van der Waals surface area contributed by atoms with Crippen molar-refractivity contribution in [1.82, 2.24) is 0 Å². The van der Waals surface area contributed by atoms with Gasteiger partial charge in [0.2, 0.25) is 0 Å². The molecule has 1 aliphatic carbocycles. The molecular weight excluding hydrogens is 260 g/mol. The second kappa shape index (κ2) is 7.62. The van der Waals surface area contributed by atoms with Crippen molar-refractivity contribution in [3.8, 4) is 0 Å². The Morgan fingerprint density at radius 2 is 1.55 bits per heavy atom. The molecule has 0 aromatic heterocycles. The highest BCUT2D eigenvalue weighted by molar-refractivity contribution is 5.82. The zero-order chi connectivity index (χ0) is 15.2. The van der Waals surface area contributed by atoms with Gasteiger partial charge < -0.3 is 14.6 Å².